The SMILES string of the molecule is COc1ccccc1C[C@@H](Nc1ncnc2oc(-c3ccc(F)cc3)c(Br)c12)C(=O)O. The minimum absolute atomic E-state index is 0.172. The Hall–Kier alpha value is -3.46. The van der Waals surface area contributed by atoms with Crippen LogP contribution < -0.4 is 10.1 Å². The molecule has 0 aliphatic rings. The second kappa shape index (κ2) is 8.73. The van der Waals surface area contributed by atoms with Gasteiger partial charge in [-0.3, -0.25) is 0 Å². The summed E-state index contributed by atoms with van der Waals surface area (Å²) in [6, 6.07) is 12.1. The number of carboxylic acid groups (broad SMARTS) is 1. The van der Waals surface area contributed by atoms with E-state index in [0.29, 0.717) is 32.8 Å². The quantitative estimate of drug-likeness (QED) is 0.383. The number of aliphatic carboxylic acids is 1. The van der Waals surface area contributed by atoms with Gasteiger partial charge in [0, 0.05) is 12.0 Å². The van der Waals surface area contributed by atoms with E-state index in [1.165, 1.54) is 25.6 Å². The molecule has 158 valence electrons. The van der Waals surface area contributed by atoms with Gasteiger partial charge in [0.1, 0.15) is 29.8 Å². The largest absolute Gasteiger partial charge is 0.496 e. The van der Waals surface area contributed by atoms with Gasteiger partial charge in [-0.05, 0) is 51.8 Å². The number of halogens is 2. The maximum Gasteiger partial charge on any atom is 0.326 e. The van der Waals surface area contributed by atoms with E-state index in [0.717, 1.165) is 5.56 Å². The number of ether oxygens (including phenoxy) is 1. The number of nitrogens with one attached hydrogen (secondary N) is 1. The first kappa shape index (κ1) is 20.8. The van der Waals surface area contributed by atoms with Crippen LogP contribution in [0.2, 0.25) is 0 Å². The third-order valence-electron chi connectivity index (χ3n) is 4.76. The molecule has 9 heteroatoms. The molecule has 0 fully saturated rings. The number of benzene rings is 2. The smallest absolute Gasteiger partial charge is 0.326 e. The molecule has 4 aromatic rings. The molecule has 2 aromatic heterocycles. The van der Waals surface area contributed by atoms with Gasteiger partial charge in [-0.15, -0.1) is 0 Å². The van der Waals surface area contributed by atoms with Gasteiger partial charge in [-0.1, -0.05) is 18.2 Å². The molecule has 2 N–H and O–H groups in total. The first-order valence-electron chi connectivity index (χ1n) is 9.28. The van der Waals surface area contributed by atoms with E-state index in [1.807, 2.05) is 18.2 Å². The summed E-state index contributed by atoms with van der Waals surface area (Å²) in [4.78, 5) is 20.3. The molecule has 2 aromatic carbocycles. The van der Waals surface area contributed by atoms with Crippen molar-refractivity contribution in [2.45, 2.75) is 12.5 Å². The second-order valence-electron chi connectivity index (χ2n) is 6.71. The van der Waals surface area contributed by atoms with Crippen LogP contribution in [0.15, 0.2) is 63.7 Å². The monoisotopic (exact) mass is 485 g/mol. The van der Waals surface area contributed by atoms with Gasteiger partial charge in [0.15, 0.2) is 5.76 Å². The van der Waals surface area contributed by atoms with Crippen LogP contribution in [-0.4, -0.2) is 34.2 Å². The van der Waals surface area contributed by atoms with Crippen molar-refractivity contribution in [3.63, 3.8) is 0 Å². The van der Waals surface area contributed by atoms with Gasteiger partial charge < -0.3 is 19.6 Å². The standard InChI is InChI=1S/C22H17BrFN3O4/c1-30-16-5-3-2-4-13(16)10-15(22(28)29)27-20-17-18(23)19(31-21(17)26-11-25-20)12-6-8-14(24)9-7-12/h2-9,11,15H,10H2,1H3,(H,28,29)(H,25,26,27)/t15-/m1/s1. The number of nitrogens with zero attached hydrogens (tertiary/aromatic N) is 2. The molecule has 0 spiro atoms. The highest BCUT2D eigenvalue weighted by atomic mass is 79.9. The third-order valence-corrected chi connectivity index (χ3v) is 5.52. The zero-order chi connectivity index (χ0) is 22.0. The van der Waals surface area contributed by atoms with Crippen LogP contribution in [0.1, 0.15) is 5.56 Å². The van der Waals surface area contributed by atoms with Crippen LogP contribution in [0.5, 0.6) is 5.75 Å². The molecule has 0 radical (unpaired) electrons. The second-order valence-corrected chi connectivity index (χ2v) is 7.50. The Kier molecular flexibility index (Phi) is 5.85. The predicted octanol–water partition coefficient (Wildman–Crippen LogP) is 4.91. The Balaban J connectivity index is 1.71. The van der Waals surface area contributed by atoms with Crippen molar-refractivity contribution in [1.82, 2.24) is 9.97 Å². The highest BCUT2D eigenvalue weighted by Gasteiger charge is 2.24. The molecule has 31 heavy (non-hydrogen) atoms. The van der Waals surface area contributed by atoms with Gasteiger partial charge in [0.2, 0.25) is 5.71 Å². The van der Waals surface area contributed by atoms with E-state index in [4.69, 9.17) is 9.15 Å². The predicted molar refractivity (Wildman–Crippen MR) is 117 cm³/mol. The number of hydrogen-bond acceptors (Lipinski definition) is 6. The number of para-hydroxylation sites is 1. The molecule has 0 unspecified atom stereocenters. The minimum Gasteiger partial charge on any atom is -0.496 e. The summed E-state index contributed by atoms with van der Waals surface area (Å²) < 4.78 is 25.0. The number of aromatic nitrogens is 2. The number of hydrogen-bond donors (Lipinski definition) is 2. The average Bonchev–Trinajstić information content (AvgIpc) is 3.11. The molecule has 7 nitrogen and oxygen atoms in total. The lowest BCUT2D eigenvalue weighted by Crippen LogP contribution is -2.32. The van der Waals surface area contributed by atoms with E-state index < -0.39 is 12.0 Å². The normalized spacial score (nSPS) is 12.0. The average molecular weight is 486 g/mol. The summed E-state index contributed by atoms with van der Waals surface area (Å²) in [6.07, 6.45) is 1.46. The van der Waals surface area contributed by atoms with Crippen molar-refractivity contribution < 1.29 is 23.4 Å². The number of anilines is 1. The molecule has 0 saturated carbocycles. The van der Waals surface area contributed by atoms with Crippen molar-refractivity contribution in [2.24, 2.45) is 0 Å². The van der Waals surface area contributed by atoms with Crippen molar-refractivity contribution in [1.29, 1.82) is 0 Å². The van der Waals surface area contributed by atoms with E-state index in [2.05, 4.69) is 31.2 Å². The van der Waals surface area contributed by atoms with E-state index in [-0.39, 0.29) is 18.0 Å². The Bertz CT molecular complexity index is 1240. The number of fused-ring (bicyclic) bond motifs is 1. The number of rotatable bonds is 7. The molecule has 0 aliphatic heterocycles. The van der Waals surface area contributed by atoms with Gasteiger partial charge in [0.05, 0.1) is 17.0 Å². The van der Waals surface area contributed by atoms with E-state index >= 15 is 0 Å². The molecule has 0 amide bonds. The molecular weight excluding hydrogens is 469 g/mol. The number of carboxylic acids is 1. The van der Waals surface area contributed by atoms with Gasteiger partial charge >= 0.3 is 5.97 Å². The molecule has 0 aliphatic carbocycles. The number of furan rings is 1. The first-order valence-corrected chi connectivity index (χ1v) is 10.1. The van der Waals surface area contributed by atoms with Crippen LogP contribution in [-0.2, 0) is 11.2 Å². The summed E-state index contributed by atoms with van der Waals surface area (Å²) in [5.41, 5.74) is 1.65. The molecule has 0 bridgehead atoms. The van der Waals surface area contributed by atoms with Crippen LogP contribution in [0.3, 0.4) is 0 Å². The van der Waals surface area contributed by atoms with Crippen molar-refractivity contribution in [3.05, 3.63) is 70.7 Å². The third kappa shape index (κ3) is 4.22. The summed E-state index contributed by atoms with van der Waals surface area (Å²) in [5, 5.41) is 13.3. The Labute approximate surface area is 185 Å². The van der Waals surface area contributed by atoms with Gasteiger partial charge in [0.25, 0.3) is 0 Å². The van der Waals surface area contributed by atoms with E-state index in [9.17, 15) is 14.3 Å². The van der Waals surface area contributed by atoms with Crippen molar-refractivity contribution in [3.8, 4) is 17.1 Å². The van der Waals surface area contributed by atoms with Crippen LogP contribution in [0, 0.1) is 5.82 Å². The Morgan fingerprint density at radius 1 is 1.23 bits per heavy atom. The Morgan fingerprint density at radius 3 is 2.68 bits per heavy atom. The lowest BCUT2D eigenvalue weighted by atomic mass is 10.0. The zero-order valence-corrected chi connectivity index (χ0v) is 17.9. The zero-order valence-electron chi connectivity index (χ0n) is 16.3. The first-order chi connectivity index (χ1) is 15.0. The van der Waals surface area contributed by atoms with Crippen LogP contribution in [0.4, 0.5) is 10.2 Å². The fourth-order valence-corrected chi connectivity index (χ4v) is 3.92. The maximum atomic E-state index is 13.3. The van der Waals surface area contributed by atoms with Gasteiger partial charge in [-0.2, -0.15) is 0 Å². The summed E-state index contributed by atoms with van der Waals surface area (Å²) in [6.45, 7) is 0. The lowest BCUT2D eigenvalue weighted by Gasteiger charge is -2.17. The van der Waals surface area contributed by atoms with Crippen LogP contribution in [0.25, 0.3) is 22.4 Å². The molecule has 4 rings (SSSR count). The lowest BCUT2D eigenvalue weighted by molar-refractivity contribution is -0.137. The Morgan fingerprint density at radius 2 is 1.97 bits per heavy atom. The molecule has 0 saturated heterocycles. The fraction of sp³-hybridized carbons (Fsp3) is 0.136. The number of methoxy groups -OCH3 is 1. The molecule has 1 atom stereocenters. The van der Waals surface area contributed by atoms with Gasteiger partial charge in [-0.25, -0.2) is 19.2 Å². The fourth-order valence-electron chi connectivity index (χ4n) is 3.25. The summed E-state index contributed by atoms with van der Waals surface area (Å²) >= 11 is 3.50. The minimum atomic E-state index is -1.05. The molecule has 2 heterocycles. The highest BCUT2D eigenvalue weighted by Crippen LogP contribution is 2.39. The number of carbonyl (C=O) groups is 1. The molecular formula is C22H17BrFN3O4. The highest BCUT2D eigenvalue weighted by molar-refractivity contribution is 9.10. The van der Waals surface area contributed by atoms with E-state index in [1.54, 1.807) is 18.2 Å². The van der Waals surface area contributed by atoms with Crippen molar-refractivity contribution >= 4 is 38.8 Å². The van der Waals surface area contributed by atoms with Crippen molar-refractivity contribution in [2.75, 3.05) is 12.4 Å². The summed E-state index contributed by atoms with van der Waals surface area (Å²) in [7, 11) is 1.54. The topological polar surface area (TPSA) is 97.5 Å². The summed E-state index contributed by atoms with van der Waals surface area (Å²) in [5.74, 6) is -0.0623. The maximum absolute atomic E-state index is 13.3. The van der Waals surface area contributed by atoms with Crippen LogP contribution >= 0.6 is 15.9 Å².